The lowest BCUT2D eigenvalue weighted by molar-refractivity contribution is -0.118. The molecule has 0 unspecified atom stereocenters. The van der Waals surface area contributed by atoms with Gasteiger partial charge in [-0.25, -0.2) is 9.77 Å². The van der Waals surface area contributed by atoms with Crippen molar-refractivity contribution in [3.63, 3.8) is 0 Å². The quantitative estimate of drug-likeness (QED) is 0.237. The summed E-state index contributed by atoms with van der Waals surface area (Å²) in [4.78, 5) is 12.3. The molecule has 4 aromatic rings. The molecule has 0 spiro atoms. The molecule has 0 radical (unpaired) electrons. The largest absolute Gasteiger partial charge is 0.496 e. The van der Waals surface area contributed by atoms with Crippen LogP contribution >= 0.6 is 12.2 Å². The summed E-state index contributed by atoms with van der Waals surface area (Å²) in [6.45, 7) is 4.63. The Kier molecular flexibility index (Phi) is 8.42. The first kappa shape index (κ1) is 25.8. The van der Waals surface area contributed by atoms with E-state index in [0.29, 0.717) is 41.0 Å². The van der Waals surface area contributed by atoms with Gasteiger partial charge in [-0.05, 0) is 68.0 Å². The standard InChI is InChI=1S/C27H29N5O4S/c1-4-35-24-15-19(11-14-23(24)36-17-25(33)29-20-12-9-18(2)10-13-20)16-28-32-26(30-31-27(32)37)21-7-5-6-8-22(21)34-3/h5-15,28H,4,16-17H2,1-3H3,(H,29,33)(H,31,37). The first-order valence-electron chi connectivity index (χ1n) is 11.8. The Morgan fingerprint density at radius 1 is 1.03 bits per heavy atom. The highest BCUT2D eigenvalue weighted by Crippen LogP contribution is 2.30. The number of aryl methyl sites for hydroxylation is 1. The summed E-state index contributed by atoms with van der Waals surface area (Å²) in [5, 5.41) is 10.0. The van der Waals surface area contributed by atoms with Gasteiger partial charge >= 0.3 is 0 Å². The van der Waals surface area contributed by atoms with E-state index < -0.39 is 0 Å². The number of aromatic amines is 1. The van der Waals surface area contributed by atoms with E-state index in [2.05, 4.69) is 20.9 Å². The van der Waals surface area contributed by atoms with Crippen LogP contribution in [0.2, 0.25) is 0 Å². The summed E-state index contributed by atoms with van der Waals surface area (Å²) in [6, 6.07) is 20.7. The van der Waals surface area contributed by atoms with Crippen molar-refractivity contribution in [2.45, 2.75) is 20.4 Å². The number of carbonyl (C=O) groups is 1. The number of benzene rings is 3. The molecule has 0 saturated heterocycles. The second kappa shape index (κ2) is 12.1. The molecule has 0 bridgehead atoms. The molecule has 4 rings (SSSR count). The minimum atomic E-state index is -0.254. The van der Waals surface area contributed by atoms with Gasteiger partial charge in [0.05, 0.1) is 25.8 Å². The molecular formula is C27H29N5O4S. The first-order valence-corrected chi connectivity index (χ1v) is 12.2. The zero-order valence-electron chi connectivity index (χ0n) is 20.9. The third-order valence-corrected chi connectivity index (χ3v) is 5.74. The van der Waals surface area contributed by atoms with Crippen LogP contribution in [0.15, 0.2) is 66.7 Å². The van der Waals surface area contributed by atoms with Crippen molar-refractivity contribution >= 4 is 23.8 Å². The van der Waals surface area contributed by atoms with Gasteiger partial charge in [-0.15, -0.1) is 0 Å². The number of carbonyl (C=O) groups excluding carboxylic acids is 1. The van der Waals surface area contributed by atoms with Crippen LogP contribution in [-0.4, -0.2) is 41.1 Å². The van der Waals surface area contributed by atoms with Gasteiger partial charge in [0.2, 0.25) is 4.77 Å². The number of para-hydroxylation sites is 1. The Morgan fingerprint density at radius 2 is 1.81 bits per heavy atom. The van der Waals surface area contributed by atoms with E-state index in [-0.39, 0.29) is 12.5 Å². The summed E-state index contributed by atoms with van der Waals surface area (Å²) in [5.74, 6) is 2.07. The van der Waals surface area contributed by atoms with Crippen molar-refractivity contribution in [2.24, 2.45) is 0 Å². The van der Waals surface area contributed by atoms with Gasteiger partial charge in [-0.2, -0.15) is 5.10 Å². The average Bonchev–Trinajstić information content (AvgIpc) is 3.28. The highest BCUT2D eigenvalue weighted by Gasteiger charge is 2.14. The van der Waals surface area contributed by atoms with Crippen LogP contribution in [-0.2, 0) is 11.3 Å². The maximum atomic E-state index is 12.3. The Labute approximate surface area is 220 Å². The fraction of sp³-hybridized carbons (Fsp3) is 0.222. The van der Waals surface area contributed by atoms with E-state index in [0.717, 1.165) is 22.4 Å². The van der Waals surface area contributed by atoms with Gasteiger partial charge in [0.15, 0.2) is 23.9 Å². The normalized spacial score (nSPS) is 10.6. The second-order valence-corrected chi connectivity index (χ2v) is 8.53. The molecule has 0 aliphatic rings. The number of rotatable bonds is 11. The van der Waals surface area contributed by atoms with Crippen LogP contribution in [0, 0.1) is 11.7 Å². The van der Waals surface area contributed by atoms with E-state index in [1.54, 1.807) is 17.9 Å². The van der Waals surface area contributed by atoms with Gasteiger partial charge in [-0.1, -0.05) is 35.9 Å². The van der Waals surface area contributed by atoms with Gasteiger partial charge in [0, 0.05) is 5.69 Å². The molecule has 10 heteroatoms. The molecule has 0 aliphatic heterocycles. The third-order valence-electron chi connectivity index (χ3n) is 5.46. The number of hydrogen-bond donors (Lipinski definition) is 3. The van der Waals surface area contributed by atoms with Gasteiger partial charge < -0.3 is 25.0 Å². The average molecular weight is 520 g/mol. The fourth-order valence-corrected chi connectivity index (χ4v) is 3.85. The Bertz CT molecular complexity index is 1420. The van der Waals surface area contributed by atoms with Crippen LogP contribution in [0.3, 0.4) is 0 Å². The zero-order chi connectivity index (χ0) is 26.2. The number of aromatic nitrogens is 3. The minimum absolute atomic E-state index is 0.141. The Morgan fingerprint density at radius 3 is 2.57 bits per heavy atom. The molecule has 0 atom stereocenters. The van der Waals surface area contributed by atoms with Gasteiger partial charge in [0.25, 0.3) is 5.91 Å². The number of ether oxygens (including phenoxy) is 3. The van der Waals surface area contributed by atoms with Crippen molar-refractivity contribution in [1.82, 2.24) is 14.9 Å². The lowest BCUT2D eigenvalue weighted by Crippen LogP contribution is -2.20. The van der Waals surface area contributed by atoms with E-state index in [1.807, 2.05) is 74.5 Å². The minimum Gasteiger partial charge on any atom is -0.496 e. The molecule has 192 valence electrons. The van der Waals surface area contributed by atoms with Crippen molar-refractivity contribution in [1.29, 1.82) is 0 Å². The van der Waals surface area contributed by atoms with Crippen LogP contribution in [0.5, 0.6) is 17.2 Å². The Hall–Kier alpha value is -4.31. The van der Waals surface area contributed by atoms with E-state index in [1.165, 1.54) is 0 Å². The number of methoxy groups -OCH3 is 1. The molecule has 3 aromatic carbocycles. The lowest BCUT2D eigenvalue weighted by atomic mass is 10.2. The second-order valence-electron chi connectivity index (χ2n) is 8.14. The van der Waals surface area contributed by atoms with Crippen molar-refractivity contribution in [2.75, 3.05) is 31.1 Å². The molecule has 0 fully saturated rings. The molecule has 9 nitrogen and oxygen atoms in total. The zero-order valence-corrected chi connectivity index (χ0v) is 21.7. The van der Waals surface area contributed by atoms with Crippen LogP contribution in [0.4, 0.5) is 5.69 Å². The summed E-state index contributed by atoms with van der Waals surface area (Å²) in [6.07, 6.45) is 0. The predicted octanol–water partition coefficient (Wildman–Crippen LogP) is 5.08. The highest BCUT2D eigenvalue weighted by atomic mass is 32.1. The van der Waals surface area contributed by atoms with Crippen LogP contribution in [0.25, 0.3) is 11.4 Å². The van der Waals surface area contributed by atoms with Gasteiger partial charge in [-0.3, -0.25) is 4.79 Å². The number of nitrogens with zero attached hydrogens (tertiary/aromatic N) is 2. The first-order chi connectivity index (χ1) is 18.0. The molecule has 1 amide bonds. The molecular weight excluding hydrogens is 490 g/mol. The lowest BCUT2D eigenvalue weighted by Gasteiger charge is -2.15. The highest BCUT2D eigenvalue weighted by molar-refractivity contribution is 7.71. The Balaban J connectivity index is 1.44. The monoisotopic (exact) mass is 519 g/mol. The van der Waals surface area contributed by atoms with Crippen LogP contribution in [0.1, 0.15) is 18.1 Å². The smallest absolute Gasteiger partial charge is 0.262 e. The summed E-state index contributed by atoms with van der Waals surface area (Å²) >= 11 is 5.43. The molecule has 3 N–H and O–H groups in total. The topological polar surface area (TPSA) is 102 Å². The molecule has 1 heterocycles. The molecule has 37 heavy (non-hydrogen) atoms. The molecule has 0 saturated carbocycles. The van der Waals surface area contributed by atoms with Crippen molar-refractivity contribution in [3.8, 4) is 28.6 Å². The third kappa shape index (κ3) is 6.47. The SMILES string of the molecule is CCOc1cc(CNn2c(-c3ccccc3OC)n[nH]c2=S)ccc1OCC(=O)Nc1ccc(C)cc1. The number of amides is 1. The number of anilines is 1. The van der Waals surface area contributed by atoms with Crippen molar-refractivity contribution in [3.05, 3.63) is 82.6 Å². The van der Waals surface area contributed by atoms with Crippen LogP contribution < -0.4 is 25.0 Å². The summed E-state index contributed by atoms with van der Waals surface area (Å²) in [7, 11) is 1.61. The van der Waals surface area contributed by atoms with E-state index in [9.17, 15) is 4.79 Å². The summed E-state index contributed by atoms with van der Waals surface area (Å²) in [5.41, 5.74) is 6.86. The van der Waals surface area contributed by atoms with E-state index >= 15 is 0 Å². The maximum Gasteiger partial charge on any atom is 0.262 e. The maximum absolute atomic E-state index is 12.3. The number of hydrogen-bond acceptors (Lipinski definition) is 7. The molecule has 1 aromatic heterocycles. The fourth-order valence-electron chi connectivity index (χ4n) is 3.65. The van der Waals surface area contributed by atoms with Crippen molar-refractivity contribution < 1.29 is 19.0 Å². The predicted molar refractivity (Wildman–Crippen MR) is 145 cm³/mol. The number of H-pyrrole nitrogens is 1. The summed E-state index contributed by atoms with van der Waals surface area (Å²) < 4.78 is 19.1. The number of nitrogens with one attached hydrogen (secondary N) is 3. The van der Waals surface area contributed by atoms with E-state index in [4.69, 9.17) is 26.4 Å². The molecule has 0 aliphatic carbocycles. The van der Waals surface area contributed by atoms with Gasteiger partial charge in [0.1, 0.15) is 5.75 Å².